The van der Waals surface area contributed by atoms with Gasteiger partial charge in [0.05, 0.1) is 25.2 Å². The van der Waals surface area contributed by atoms with Crippen LogP contribution in [-0.2, 0) is 13.0 Å². The molecule has 0 bridgehead atoms. The minimum absolute atomic E-state index is 0.171. The molecule has 1 heterocycles. The van der Waals surface area contributed by atoms with Gasteiger partial charge in [0.15, 0.2) is 0 Å². The normalized spacial score (nSPS) is 11.6. The second-order valence-corrected chi connectivity index (χ2v) is 10.9. The number of nitrogens with one attached hydrogen (secondary N) is 1. The third-order valence-electron chi connectivity index (χ3n) is 7.25. The number of hydrogen-bond acceptors (Lipinski definition) is 5. The number of H-pyrrole nitrogens is 1. The SMILES string of the molecule is CCC(CO)(CO)COc1ccc(CN(CCc2c(C)[nH]c3ccc(Br)cc23)C(=O)Oc2ccc(F)cc2)cc1. The third-order valence-corrected chi connectivity index (χ3v) is 7.75. The summed E-state index contributed by atoms with van der Waals surface area (Å²) < 4.78 is 25.8. The zero-order valence-electron chi connectivity index (χ0n) is 22.6. The summed E-state index contributed by atoms with van der Waals surface area (Å²) >= 11 is 3.55. The first-order valence-electron chi connectivity index (χ1n) is 13.2. The Labute approximate surface area is 241 Å². The van der Waals surface area contributed by atoms with Gasteiger partial charge < -0.3 is 29.6 Å². The van der Waals surface area contributed by atoms with Crippen LogP contribution in [0.5, 0.6) is 11.5 Å². The van der Waals surface area contributed by atoms with E-state index in [1.807, 2.05) is 38.1 Å². The number of carbonyl (C=O) groups is 1. The molecule has 9 heteroatoms. The number of aliphatic hydroxyl groups excluding tert-OH is 2. The van der Waals surface area contributed by atoms with Crippen molar-refractivity contribution in [3.63, 3.8) is 0 Å². The van der Waals surface area contributed by atoms with E-state index in [0.717, 1.165) is 32.2 Å². The van der Waals surface area contributed by atoms with Crippen LogP contribution in [0, 0.1) is 18.2 Å². The molecular weight excluding hydrogens is 579 g/mol. The van der Waals surface area contributed by atoms with Crippen LogP contribution in [0.3, 0.4) is 0 Å². The molecule has 0 unspecified atom stereocenters. The van der Waals surface area contributed by atoms with Crippen molar-refractivity contribution in [1.82, 2.24) is 9.88 Å². The van der Waals surface area contributed by atoms with Crippen molar-refractivity contribution in [2.45, 2.75) is 33.2 Å². The van der Waals surface area contributed by atoms with Crippen LogP contribution in [0.25, 0.3) is 10.9 Å². The molecule has 0 aliphatic rings. The van der Waals surface area contributed by atoms with Crippen molar-refractivity contribution in [3.05, 3.63) is 93.8 Å². The molecular formula is C31H34BrFN2O5. The van der Waals surface area contributed by atoms with Gasteiger partial charge in [0.2, 0.25) is 0 Å². The Kier molecular flexibility index (Phi) is 9.84. The second kappa shape index (κ2) is 13.3. The highest BCUT2D eigenvalue weighted by molar-refractivity contribution is 9.10. The van der Waals surface area contributed by atoms with Gasteiger partial charge in [0.1, 0.15) is 17.3 Å². The lowest BCUT2D eigenvalue weighted by Crippen LogP contribution is -2.35. The zero-order chi connectivity index (χ0) is 28.7. The molecule has 212 valence electrons. The quantitative estimate of drug-likeness (QED) is 0.172. The average molecular weight is 614 g/mol. The first-order valence-corrected chi connectivity index (χ1v) is 14.0. The summed E-state index contributed by atoms with van der Waals surface area (Å²) in [7, 11) is 0. The molecule has 0 saturated carbocycles. The molecule has 0 spiro atoms. The fraction of sp³-hybridized carbons (Fsp3) is 0.323. The molecule has 0 fully saturated rings. The van der Waals surface area contributed by atoms with Gasteiger partial charge in [-0.05, 0) is 85.5 Å². The van der Waals surface area contributed by atoms with E-state index in [4.69, 9.17) is 9.47 Å². The smallest absolute Gasteiger partial charge is 0.415 e. The zero-order valence-corrected chi connectivity index (χ0v) is 24.2. The van der Waals surface area contributed by atoms with Crippen LogP contribution >= 0.6 is 15.9 Å². The Balaban J connectivity index is 1.50. The first-order chi connectivity index (χ1) is 19.3. The lowest BCUT2D eigenvalue weighted by atomic mass is 9.88. The molecule has 4 aromatic rings. The lowest BCUT2D eigenvalue weighted by Gasteiger charge is -2.28. The predicted molar refractivity (Wildman–Crippen MR) is 156 cm³/mol. The van der Waals surface area contributed by atoms with Crippen LogP contribution in [0.4, 0.5) is 9.18 Å². The summed E-state index contributed by atoms with van der Waals surface area (Å²) in [4.78, 5) is 18.3. The molecule has 40 heavy (non-hydrogen) atoms. The number of fused-ring (bicyclic) bond motifs is 1. The van der Waals surface area contributed by atoms with Crippen molar-refractivity contribution >= 4 is 32.9 Å². The Bertz CT molecular complexity index is 1410. The maximum Gasteiger partial charge on any atom is 0.415 e. The molecule has 0 atom stereocenters. The molecule has 3 aromatic carbocycles. The monoisotopic (exact) mass is 612 g/mol. The summed E-state index contributed by atoms with van der Waals surface area (Å²) in [6, 6.07) is 18.8. The summed E-state index contributed by atoms with van der Waals surface area (Å²) in [5.41, 5.74) is 3.35. The highest BCUT2D eigenvalue weighted by Gasteiger charge is 2.27. The number of aliphatic hydroxyl groups is 2. The standard InChI is InChI=1S/C31H34BrFN2O5/c1-3-31(18-36,19-37)20-39-25-9-4-22(5-10-25)17-35(30(38)40-26-11-7-24(33)8-12-26)15-14-27-21(2)34-29-13-6-23(32)16-28(27)29/h4-13,16,34,36-37H,3,14-15,17-20H2,1-2H3. The van der Waals surface area contributed by atoms with Crippen LogP contribution in [0.1, 0.15) is 30.2 Å². The fourth-order valence-electron chi connectivity index (χ4n) is 4.44. The largest absolute Gasteiger partial charge is 0.493 e. The van der Waals surface area contributed by atoms with E-state index in [0.29, 0.717) is 25.1 Å². The number of carbonyl (C=O) groups excluding carboxylic acids is 1. The molecule has 7 nitrogen and oxygen atoms in total. The van der Waals surface area contributed by atoms with Gasteiger partial charge in [0, 0.05) is 34.2 Å². The fourth-order valence-corrected chi connectivity index (χ4v) is 4.80. The van der Waals surface area contributed by atoms with Crippen LogP contribution in [-0.4, -0.2) is 52.6 Å². The van der Waals surface area contributed by atoms with Crippen LogP contribution in [0.15, 0.2) is 71.2 Å². The molecule has 3 N–H and O–H groups in total. The van der Waals surface area contributed by atoms with Crippen molar-refractivity contribution < 1.29 is 28.9 Å². The molecule has 0 radical (unpaired) electrons. The van der Waals surface area contributed by atoms with Crippen LogP contribution in [0.2, 0.25) is 0 Å². The number of ether oxygens (including phenoxy) is 2. The summed E-state index contributed by atoms with van der Waals surface area (Å²) in [5.74, 6) is 0.456. The molecule has 0 aliphatic heterocycles. The minimum Gasteiger partial charge on any atom is -0.493 e. The predicted octanol–water partition coefficient (Wildman–Crippen LogP) is 6.38. The van der Waals surface area contributed by atoms with Crippen LogP contribution < -0.4 is 9.47 Å². The van der Waals surface area contributed by atoms with E-state index in [1.165, 1.54) is 24.3 Å². The van der Waals surface area contributed by atoms with E-state index < -0.39 is 17.3 Å². The van der Waals surface area contributed by atoms with E-state index >= 15 is 0 Å². The molecule has 0 saturated heterocycles. The highest BCUT2D eigenvalue weighted by Crippen LogP contribution is 2.27. The van der Waals surface area contributed by atoms with Crippen molar-refractivity contribution in [2.75, 3.05) is 26.4 Å². The number of halogens is 2. The Morgan fingerprint density at radius 3 is 2.35 bits per heavy atom. The maximum absolute atomic E-state index is 13.4. The number of aromatic nitrogens is 1. The molecule has 1 aromatic heterocycles. The van der Waals surface area contributed by atoms with Gasteiger partial charge in [-0.3, -0.25) is 0 Å². The number of aromatic amines is 1. The summed E-state index contributed by atoms with van der Waals surface area (Å²) in [5, 5.41) is 20.4. The second-order valence-electron chi connectivity index (χ2n) is 10.0. The Morgan fingerprint density at radius 1 is 1.02 bits per heavy atom. The number of rotatable bonds is 12. The van der Waals surface area contributed by atoms with Gasteiger partial charge in [-0.25, -0.2) is 9.18 Å². The van der Waals surface area contributed by atoms with Gasteiger partial charge in [0.25, 0.3) is 0 Å². The molecule has 4 rings (SSSR count). The number of aryl methyl sites for hydroxylation is 1. The van der Waals surface area contributed by atoms with Crippen molar-refractivity contribution in [3.8, 4) is 11.5 Å². The van der Waals surface area contributed by atoms with Gasteiger partial charge in [-0.15, -0.1) is 0 Å². The lowest BCUT2D eigenvalue weighted by molar-refractivity contribution is 0.0114. The summed E-state index contributed by atoms with van der Waals surface area (Å²) in [6.45, 7) is 4.44. The number of nitrogens with zero attached hydrogens (tertiary/aromatic N) is 1. The van der Waals surface area contributed by atoms with Gasteiger partial charge in [-0.1, -0.05) is 35.0 Å². The average Bonchev–Trinajstić information content (AvgIpc) is 3.27. The maximum atomic E-state index is 13.4. The van der Waals surface area contributed by atoms with E-state index in [1.54, 1.807) is 17.0 Å². The van der Waals surface area contributed by atoms with Crippen molar-refractivity contribution in [1.29, 1.82) is 0 Å². The van der Waals surface area contributed by atoms with E-state index in [-0.39, 0.29) is 32.1 Å². The topological polar surface area (TPSA) is 95.0 Å². The van der Waals surface area contributed by atoms with Crippen molar-refractivity contribution in [2.24, 2.45) is 5.41 Å². The number of hydrogen-bond donors (Lipinski definition) is 3. The van der Waals surface area contributed by atoms with Gasteiger partial charge in [-0.2, -0.15) is 0 Å². The van der Waals surface area contributed by atoms with Gasteiger partial charge >= 0.3 is 6.09 Å². The first kappa shape index (κ1) is 29.6. The number of benzene rings is 3. The third kappa shape index (κ3) is 7.21. The molecule has 1 amide bonds. The highest BCUT2D eigenvalue weighted by atomic mass is 79.9. The Hall–Kier alpha value is -3.40. The molecule has 0 aliphatic carbocycles. The number of amides is 1. The van der Waals surface area contributed by atoms with E-state index in [2.05, 4.69) is 27.0 Å². The summed E-state index contributed by atoms with van der Waals surface area (Å²) in [6.07, 6.45) is 0.642. The Morgan fingerprint density at radius 2 is 1.70 bits per heavy atom. The van der Waals surface area contributed by atoms with E-state index in [9.17, 15) is 19.4 Å². The minimum atomic E-state index is -0.699.